The van der Waals surface area contributed by atoms with Gasteiger partial charge in [-0.3, -0.25) is 9.78 Å². The summed E-state index contributed by atoms with van der Waals surface area (Å²) in [6, 6.07) is 13.9. The average molecular weight is 381 g/mol. The van der Waals surface area contributed by atoms with Gasteiger partial charge in [0.15, 0.2) is 0 Å². The smallest absolute Gasteiger partial charge is 0.264 e. The molecule has 0 saturated carbocycles. The van der Waals surface area contributed by atoms with Crippen LogP contribution in [0.2, 0.25) is 0 Å². The third-order valence-electron chi connectivity index (χ3n) is 4.48. The van der Waals surface area contributed by atoms with E-state index in [-0.39, 0.29) is 21.9 Å². The summed E-state index contributed by atoms with van der Waals surface area (Å²) in [5, 5.41) is 5.29. The molecule has 0 spiro atoms. The summed E-state index contributed by atoms with van der Waals surface area (Å²) in [5.74, 6) is 0.552. The van der Waals surface area contributed by atoms with E-state index in [1.165, 1.54) is 0 Å². The number of morpholine rings is 1. The molecule has 0 aliphatic carbocycles. The number of H-pyrrole nitrogens is 1. The van der Waals surface area contributed by atoms with Gasteiger partial charge in [-0.25, -0.2) is 0 Å². The maximum absolute atomic E-state index is 12.6. The molecule has 1 aliphatic heterocycles. The Morgan fingerprint density at radius 1 is 1.19 bits per heavy atom. The Balaban J connectivity index is 1.59. The molecule has 4 N–H and O–H groups in total. The van der Waals surface area contributed by atoms with Gasteiger partial charge in [0.2, 0.25) is 5.95 Å². The van der Waals surface area contributed by atoms with Crippen LogP contribution in [-0.2, 0) is 4.74 Å². The largest absolute Gasteiger partial charge is 0.383 e. The standard InChI is InChI=1S/C19H19N5O2S/c20-16-15(17(25)23-19(22-16)24-7-9-26-10-8-24)18(27)21-14-6-5-12-3-1-2-4-13(12)11-14/h1-6,11H,7-10H2,(H,21,27)(H3,20,22,23,25). The number of aromatic amines is 1. The van der Waals surface area contributed by atoms with Crippen LogP contribution >= 0.6 is 12.2 Å². The highest BCUT2D eigenvalue weighted by Crippen LogP contribution is 2.20. The minimum atomic E-state index is -0.359. The number of rotatable bonds is 3. The van der Waals surface area contributed by atoms with Gasteiger partial charge in [-0.2, -0.15) is 4.98 Å². The van der Waals surface area contributed by atoms with E-state index in [0.717, 1.165) is 16.5 Å². The Bertz CT molecular complexity index is 1060. The minimum Gasteiger partial charge on any atom is -0.383 e. The average Bonchev–Trinajstić information content (AvgIpc) is 2.68. The molecule has 1 aliphatic rings. The first-order valence-electron chi connectivity index (χ1n) is 8.64. The summed E-state index contributed by atoms with van der Waals surface area (Å²) < 4.78 is 5.32. The highest BCUT2D eigenvalue weighted by atomic mass is 32.1. The van der Waals surface area contributed by atoms with Gasteiger partial charge in [0.05, 0.1) is 13.2 Å². The SMILES string of the molecule is Nc1nc(N2CCOCC2)[nH]c(=O)c1C(=S)Nc1ccc2ccccc2c1. The van der Waals surface area contributed by atoms with Crippen LogP contribution in [0.5, 0.6) is 0 Å². The van der Waals surface area contributed by atoms with Crippen LogP contribution in [0, 0.1) is 0 Å². The Morgan fingerprint density at radius 3 is 2.67 bits per heavy atom. The van der Waals surface area contributed by atoms with Crippen molar-refractivity contribution in [1.29, 1.82) is 0 Å². The quantitative estimate of drug-likeness (QED) is 0.598. The summed E-state index contributed by atoms with van der Waals surface area (Å²) in [6.07, 6.45) is 0. The molecule has 0 bridgehead atoms. The number of ether oxygens (including phenoxy) is 1. The number of benzene rings is 2. The first-order valence-corrected chi connectivity index (χ1v) is 9.05. The van der Waals surface area contributed by atoms with Crippen molar-refractivity contribution in [2.75, 3.05) is 42.3 Å². The van der Waals surface area contributed by atoms with Gasteiger partial charge < -0.3 is 20.7 Å². The zero-order valence-electron chi connectivity index (χ0n) is 14.6. The summed E-state index contributed by atoms with van der Waals surface area (Å²) in [4.78, 5) is 21.9. The van der Waals surface area contributed by atoms with E-state index in [0.29, 0.717) is 32.3 Å². The number of thiocarbonyl (C=S) groups is 1. The zero-order chi connectivity index (χ0) is 18.8. The molecule has 0 radical (unpaired) electrons. The van der Waals surface area contributed by atoms with Gasteiger partial charge in [-0.05, 0) is 22.9 Å². The van der Waals surface area contributed by atoms with Crippen LogP contribution < -0.4 is 21.5 Å². The Labute approximate surface area is 161 Å². The number of fused-ring (bicyclic) bond motifs is 1. The molecule has 1 saturated heterocycles. The van der Waals surface area contributed by atoms with Crippen molar-refractivity contribution in [3.63, 3.8) is 0 Å². The van der Waals surface area contributed by atoms with E-state index in [1.807, 2.05) is 47.4 Å². The molecule has 0 atom stereocenters. The van der Waals surface area contributed by atoms with Crippen LogP contribution in [0.15, 0.2) is 47.3 Å². The van der Waals surface area contributed by atoms with E-state index in [1.54, 1.807) is 0 Å². The Kier molecular flexibility index (Phi) is 4.74. The van der Waals surface area contributed by atoms with E-state index in [9.17, 15) is 4.79 Å². The lowest BCUT2D eigenvalue weighted by molar-refractivity contribution is 0.122. The Hall–Kier alpha value is -2.97. The molecule has 8 heteroatoms. The molecule has 1 fully saturated rings. The van der Waals surface area contributed by atoms with Crippen LogP contribution in [0.3, 0.4) is 0 Å². The summed E-state index contributed by atoms with van der Waals surface area (Å²) in [6.45, 7) is 2.49. The second kappa shape index (κ2) is 7.34. The molecule has 4 rings (SSSR count). The molecular weight excluding hydrogens is 362 g/mol. The van der Waals surface area contributed by atoms with Crippen molar-refractivity contribution in [3.8, 4) is 0 Å². The van der Waals surface area contributed by atoms with E-state index < -0.39 is 0 Å². The number of nitrogens with zero attached hydrogens (tertiary/aromatic N) is 2. The molecule has 1 aromatic heterocycles. The van der Waals surface area contributed by atoms with Crippen molar-refractivity contribution in [1.82, 2.24) is 9.97 Å². The van der Waals surface area contributed by atoms with Crippen molar-refractivity contribution in [2.45, 2.75) is 0 Å². The number of nitrogens with two attached hydrogens (primary N) is 1. The lowest BCUT2D eigenvalue weighted by Crippen LogP contribution is -2.39. The van der Waals surface area contributed by atoms with Crippen molar-refractivity contribution >= 4 is 45.4 Å². The molecular formula is C19H19N5O2S. The predicted octanol–water partition coefficient (Wildman–Crippen LogP) is 2.13. The monoisotopic (exact) mass is 381 g/mol. The molecule has 0 unspecified atom stereocenters. The van der Waals surface area contributed by atoms with Gasteiger partial charge in [-0.15, -0.1) is 0 Å². The van der Waals surface area contributed by atoms with E-state index in [4.69, 9.17) is 22.7 Å². The third-order valence-corrected chi connectivity index (χ3v) is 4.79. The molecule has 7 nitrogen and oxygen atoms in total. The maximum atomic E-state index is 12.6. The fourth-order valence-corrected chi connectivity index (χ4v) is 3.40. The molecule has 138 valence electrons. The highest BCUT2D eigenvalue weighted by molar-refractivity contribution is 7.81. The minimum absolute atomic E-state index is 0.110. The summed E-state index contributed by atoms with van der Waals surface area (Å²) >= 11 is 5.42. The second-order valence-corrected chi connectivity index (χ2v) is 6.67. The van der Waals surface area contributed by atoms with Gasteiger partial charge in [0, 0.05) is 18.8 Å². The first kappa shape index (κ1) is 17.4. The Morgan fingerprint density at radius 2 is 1.93 bits per heavy atom. The normalized spacial score (nSPS) is 14.3. The lowest BCUT2D eigenvalue weighted by Gasteiger charge is -2.27. The number of hydrogen-bond acceptors (Lipinski definition) is 6. The van der Waals surface area contributed by atoms with Crippen LogP contribution in [0.4, 0.5) is 17.5 Å². The predicted molar refractivity (Wildman–Crippen MR) is 112 cm³/mol. The van der Waals surface area contributed by atoms with Gasteiger partial charge in [-0.1, -0.05) is 42.5 Å². The molecule has 2 heterocycles. The van der Waals surface area contributed by atoms with Crippen LogP contribution in [-0.4, -0.2) is 41.3 Å². The lowest BCUT2D eigenvalue weighted by atomic mass is 10.1. The van der Waals surface area contributed by atoms with E-state index in [2.05, 4.69) is 15.3 Å². The van der Waals surface area contributed by atoms with Crippen LogP contribution in [0.25, 0.3) is 10.8 Å². The molecule has 27 heavy (non-hydrogen) atoms. The van der Waals surface area contributed by atoms with Crippen molar-refractivity contribution < 1.29 is 4.74 Å². The number of aromatic nitrogens is 2. The maximum Gasteiger partial charge on any atom is 0.264 e. The molecule has 3 aromatic rings. The van der Waals surface area contributed by atoms with Gasteiger partial charge in [0.25, 0.3) is 5.56 Å². The fourth-order valence-electron chi connectivity index (χ4n) is 3.08. The van der Waals surface area contributed by atoms with Gasteiger partial charge >= 0.3 is 0 Å². The number of nitrogens with one attached hydrogen (secondary N) is 2. The van der Waals surface area contributed by atoms with Crippen molar-refractivity contribution in [3.05, 3.63) is 58.4 Å². The number of anilines is 3. The summed E-state index contributed by atoms with van der Waals surface area (Å²) in [7, 11) is 0. The third kappa shape index (κ3) is 3.62. The number of hydrogen-bond donors (Lipinski definition) is 3. The van der Waals surface area contributed by atoms with Gasteiger partial charge in [0.1, 0.15) is 16.4 Å². The highest BCUT2D eigenvalue weighted by Gasteiger charge is 2.19. The van der Waals surface area contributed by atoms with E-state index >= 15 is 0 Å². The topological polar surface area (TPSA) is 96.3 Å². The molecule has 0 amide bonds. The van der Waals surface area contributed by atoms with Crippen LogP contribution in [0.1, 0.15) is 5.56 Å². The number of nitrogen functional groups attached to an aromatic ring is 1. The molecule has 2 aromatic carbocycles. The zero-order valence-corrected chi connectivity index (χ0v) is 15.4. The fraction of sp³-hybridized carbons (Fsp3) is 0.211. The first-order chi connectivity index (χ1) is 13.1. The summed E-state index contributed by atoms with van der Waals surface area (Å²) in [5.41, 5.74) is 6.66. The van der Waals surface area contributed by atoms with Crippen molar-refractivity contribution in [2.24, 2.45) is 0 Å². The second-order valence-electron chi connectivity index (χ2n) is 6.27.